The molecule has 1 amide bonds. The Hall–Kier alpha value is -2.31. The van der Waals surface area contributed by atoms with Crippen molar-refractivity contribution < 1.29 is 4.79 Å². The number of piperidine rings is 1. The number of hydrogen-bond acceptors (Lipinski definition) is 5. The number of carbonyl (C=O) groups excluding carboxylic acids is 1. The molecule has 0 aliphatic carbocycles. The quantitative estimate of drug-likeness (QED) is 0.544. The Morgan fingerprint density at radius 3 is 2.54 bits per heavy atom. The minimum atomic E-state index is -0.00724. The Kier molecular flexibility index (Phi) is 6.29. The number of anilines is 2. The molecule has 1 saturated heterocycles. The Morgan fingerprint density at radius 1 is 1.04 bits per heavy atom. The molecule has 0 radical (unpaired) electrons. The summed E-state index contributed by atoms with van der Waals surface area (Å²) >= 11 is 3.05. The molecule has 1 aliphatic heterocycles. The maximum atomic E-state index is 12.3. The summed E-state index contributed by atoms with van der Waals surface area (Å²) in [6.07, 6.45) is 3.85. The lowest BCUT2D eigenvalue weighted by Crippen LogP contribution is -2.29. The van der Waals surface area contributed by atoms with Crippen LogP contribution in [0, 0.1) is 0 Å². The van der Waals surface area contributed by atoms with Gasteiger partial charge in [0.25, 0.3) is 0 Å². The number of amides is 1. The van der Waals surface area contributed by atoms with Gasteiger partial charge in [-0.3, -0.25) is 4.79 Å². The number of rotatable bonds is 6. The van der Waals surface area contributed by atoms with Gasteiger partial charge in [0, 0.05) is 35.4 Å². The Morgan fingerprint density at radius 2 is 1.79 bits per heavy atom. The summed E-state index contributed by atoms with van der Waals surface area (Å²) < 4.78 is 0.912. The molecule has 144 valence electrons. The van der Waals surface area contributed by atoms with Crippen molar-refractivity contribution in [2.24, 2.45) is 0 Å². The van der Waals surface area contributed by atoms with Gasteiger partial charge in [0.2, 0.25) is 5.91 Å². The lowest BCUT2D eigenvalue weighted by atomic mass is 10.1. The first-order valence-electron chi connectivity index (χ1n) is 9.56. The third kappa shape index (κ3) is 4.94. The molecule has 0 bridgehead atoms. The molecular formula is C22H23N3OS2. The Labute approximate surface area is 174 Å². The number of aromatic nitrogens is 1. The van der Waals surface area contributed by atoms with Gasteiger partial charge in [0.1, 0.15) is 0 Å². The maximum absolute atomic E-state index is 12.3. The molecule has 3 aromatic rings. The molecule has 2 heterocycles. The zero-order chi connectivity index (χ0) is 19.2. The van der Waals surface area contributed by atoms with E-state index in [0.717, 1.165) is 34.4 Å². The van der Waals surface area contributed by atoms with Crippen molar-refractivity contribution in [3.8, 4) is 11.3 Å². The first-order valence-corrected chi connectivity index (χ1v) is 11.4. The highest BCUT2D eigenvalue weighted by Gasteiger charge is 2.11. The molecule has 2 aromatic carbocycles. The SMILES string of the molecule is O=C(CSc1nc(-c2ccccc2)cs1)Nc1ccc(N2CCCCC2)cc1. The van der Waals surface area contributed by atoms with Crippen LogP contribution in [0.4, 0.5) is 11.4 Å². The standard InChI is InChI=1S/C22H23N3OS2/c26-21(16-28-22-24-20(15-27-22)17-7-3-1-4-8-17)23-18-9-11-19(12-10-18)25-13-5-2-6-14-25/h1,3-4,7-12,15H,2,5-6,13-14,16H2,(H,23,26). The van der Waals surface area contributed by atoms with E-state index in [0.29, 0.717) is 5.75 Å². The van der Waals surface area contributed by atoms with E-state index in [9.17, 15) is 4.79 Å². The van der Waals surface area contributed by atoms with Gasteiger partial charge in [-0.1, -0.05) is 42.1 Å². The van der Waals surface area contributed by atoms with E-state index in [2.05, 4.69) is 27.3 Å². The van der Waals surface area contributed by atoms with Crippen LogP contribution >= 0.6 is 23.1 Å². The zero-order valence-electron chi connectivity index (χ0n) is 15.6. The molecule has 0 unspecified atom stereocenters. The third-order valence-corrected chi connectivity index (χ3v) is 6.77. The largest absolute Gasteiger partial charge is 0.372 e. The van der Waals surface area contributed by atoms with Gasteiger partial charge < -0.3 is 10.2 Å². The Bertz CT molecular complexity index is 903. The summed E-state index contributed by atoms with van der Waals surface area (Å²) in [4.78, 5) is 19.3. The number of hydrogen-bond donors (Lipinski definition) is 1. The molecule has 1 aliphatic rings. The van der Waals surface area contributed by atoms with Crippen LogP contribution in [-0.4, -0.2) is 29.7 Å². The number of nitrogens with zero attached hydrogens (tertiary/aromatic N) is 2. The second-order valence-electron chi connectivity index (χ2n) is 6.80. The average molecular weight is 410 g/mol. The smallest absolute Gasteiger partial charge is 0.234 e. The summed E-state index contributed by atoms with van der Waals surface area (Å²) in [6, 6.07) is 18.3. The molecule has 0 atom stereocenters. The van der Waals surface area contributed by atoms with E-state index >= 15 is 0 Å². The van der Waals surface area contributed by atoms with Gasteiger partial charge in [0.05, 0.1) is 11.4 Å². The first-order chi connectivity index (χ1) is 13.8. The average Bonchev–Trinajstić information content (AvgIpc) is 3.23. The summed E-state index contributed by atoms with van der Waals surface area (Å²) in [7, 11) is 0. The molecule has 1 aromatic heterocycles. The molecule has 1 fully saturated rings. The predicted molar refractivity (Wildman–Crippen MR) is 119 cm³/mol. The topological polar surface area (TPSA) is 45.2 Å². The fourth-order valence-electron chi connectivity index (χ4n) is 3.30. The first kappa shape index (κ1) is 19.0. The van der Waals surface area contributed by atoms with Crippen LogP contribution in [-0.2, 0) is 4.79 Å². The van der Waals surface area contributed by atoms with Crippen molar-refractivity contribution in [3.63, 3.8) is 0 Å². The molecule has 0 saturated carbocycles. The van der Waals surface area contributed by atoms with Gasteiger partial charge in [-0.15, -0.1) is 11.3 Å². The highest BCUT2D eigenvalue weighted by molar-refractivity contribution is 8.01. The summed E-state index contributed by atoms with van der Waals surface area (Å²) in [5.74, 6) is 0.350. The van der Waals surface area contributed by atoms with Crippen LogP contribution < -0.4 is 10.2 Å². The molecule has 0 spiro atoms. The molecule has 4 rings (SSSR count). The number of benzene rings is 2. The second-order valence-corrected chi connectivity index (χ2v) is 8.88. The van der Waals surface area contributed by atoms with E-state index in [4.69, 9.17) is 0 Å². The van der Waals surface area contributed by atoms with E-state index in [1.54, 1.807) is 11.3 Å². The maximum Gasteiger partial charge on any atom is 0.234 e. The zero-order valence-corrected chi connectivity index (χ0v) is 17.3. The minimum Gasteiger partial charge on any atom is -0.372 e. The van der Waals surface area contributed by atoms with E-state index < -0.39 is 0 Å². The number of thioether (sulfide) groups is 1. The fourth-order valence-corrected chi connectivity index (χ4v) is 4.93. The van der Waals surface area contributed by atoms with Crippen LogP contribution in [0.1, 0.15) is 19.3 Å². The van der Waals surface area contributed by atoms with Gasteiger partial charge in [-0.2, -0.15) is 0 Å². The van der Waals surface area contributed by atoms with Crippen LogP contribution in [0.15, 0.2) is 64.3 Å². The second kappa shape index (κ2) is 9.26. The minimum absolute atomic E-state index is 0.00724. The van der Waals surface area contributed by atoms with E-state index in [1.807, 2.05) is 47.8 Å². The van der Waals surface area contributed by atoms with Crippen LogP contribution in [0.25, 0.3) is 11.3 Å². The predicted octanol–water partition coefficient (Wildman–Crippen LogP) is 5.53. The van der Waals surface area contributed by atoms with Crippen molar-refractivity contribution >= 4 is 40.4 Å². The van der Waals surface area contributed by atoms with Crippen molar-refractivity contribution in [1.29, 1.82) is 0 Å². The lowest BCUT2D eigenvalue weighted by Gasteiger charge is -2.28. The summed E-state index contributed by atoms with van der Waals surface area (Å²) in [5, 5.41) is 5.02. The van der Waals surface area contributed by atoms with Crippen LogP contribution in [0.5, 0.6) is 0 Å². The van der Waals surface area contributed by atoms with Crippen molar-refractivity contribution in [2.75, 3.05) is 29.1 Å². The van der Waals surface area contributed by atoms with Crippen LogP contribution in [0.3, 0.4) is 0 Å². The van der Waals surface area contributed by atoms with Crippen LogP contribution in [0.2, 0.25) is 0 Å². The van der Waals surface area contributed by atoms with E-state index in [1.165, 1.54) is 36.7 Å². The monoisotopic (exact) mass is 409 g/mol. The van der Waals surface area contributed by atoms with Gasteiger partial charge in [0.15, 0.2) is 4.34 Å². The number of thiazole rings is 1. The fraction of sp³-hybridized carbons (Fsp3) is 0.273. The number of carbonyl (C=O) groups is 1. The number of nitrogens with one attached hydrogen (secondary N) is 1. The molecule has 1 N–H and O–H groups in total. The van der Waals surface area contributed by atoms with Crippen molar-refractivity contribution in [1.82, 2.24) is 4.98 Å². The molecule has 4 nitrogen and oxygen atoms in total. The van der Waals surface area contributed by atoms with Gasteiger partial charge in [-0.05, 0) is 43.5 Å². The molecule has 28 heavy (non-hydrogen) atoms. The van der Waals surface area contributed by atoms with Crippen molar-refractivity contribution in [2.45, 2.75) is 23.6 Å². The molecule has 6 heteroatoms. The highest BCUT2D eigenvalue weighted by Crippen LogP contribution is 2.28. The lowest BCUT2D eigenvalue weighted by molar-refractivity contribution is -0.113. The van der Waals surface area contributed by atoms with Gasteiger partial charge >= 0.3 is 0 Å². The summed E-state index contributed by atoms with van der Waals surface area (Å²) in [5.41, 5.74) is 4.14. The Balaban J connectivity index is 1.28. The van der Waals surface area contributed by atoms with Gasteiger partial charge in [-0.25, -0.2) is 4.98 Å². The highest BCUT2D eigenvalue weighted by atomic mass is 32.2. The molecular weight excluding hydrogens is 386 g/mol. The van der Waals surface area contributed by atoms with E-state index in [-0.39, 0.29) is 5.91 Å². The van der Waals surface area contributed by atoms with Crippen molar-refractivity contribution in [3.05, 3.63) is 60.0 Å². The normalized spacial score (nSPS) is 14.1. The third-order valence-electron chi connectivity index (χ3n) is 4.75. The summed E-state index contributed by atoms with van der Waals surface area (Å²) in [6.45, 7) is 2.25.